The monoisotopic (exact) mass is 464 g/mol. The lowest BCUT2D eigenvalue weighted by atomic mass is 9.87. The van der Waals surface area contributed by atoms with E-state index in [9.17, 15) is 0 Å². The van der Waals surface area contributed by atoms with Crippen LogP contribution in [-0.2, 0) is 0 Å². The molecule has 0 amide bonds. The summed E-state index contributed by atoms with van der Waals surface area (Å²) in [7, 11) is 1.70. The van der Waals surface area contributed by atoms with Gasteiger partial charge < -0.3 is 14.7 Å². The van der Waals surface area contributed by atoms with Crippen molar-refractivity contribution < 1.29 is 4.74 Å². The molecule has 172 valence electrons. The number of aromatic amines is 2. The van der Waals surface area contributed by atoms with Crippen molar-refractivity contribution >= 4 is 32.7 Å². The number of nitrogens with one attached hydrogen (secondary N) is 2. The van der Waals surface area contributed by atoms with Crippen molar-refractivity contribution in [3.8, 4) is 39.1 Å². The van der Waals surface area contributed by atoms with Gasteiger partial charge in [-0.2, -0.15) is 0 Å². The van der Waals surface area contributed by atoms with Gasteiger partial charge in [-0.25, -0.2) is 0 Å². The molecule has 5 aromatic carbocycles. The summed E-state index contributed by atoms with van der Waals surface area (Å²) in [6, 6.07) is 38.5. The van der Waals surface area contributed by atoms with Gasteiger partial charge in [-0.05, 0) is 52.6 Å². The van der Waals surface area contributed by atoms with Gasteiger partial charge in [0.25, 0.3) is 0 Å². The predicted molar refractivity (Wildman–Crippen MR) is 151 cm³/mol. The molecule has 7 aromatic rings. The molecule has 0 aliphatic rings. The van der Waals surface area contributed by atoms with E-state index in [1.807, 2.05) is 12.1 Å². The fourth-order valence-corrected chi connectivity index (χ4v) is 5.43. The summed E-state index contributed by atoms with van der Waals surface area (Å²) in [5.41, 5.74) is 10.5. The largest absolute Gasteiger partial charge is 0.497 e. The second-order valence-electron chi connectivity index (χ2n) is 9.11. The Hall–Kier alpha value is -4.76. The molecule has 0 atom stereocenters. The SMILES string of the molecule is COc1ccc(-c2cc(-c3ccccc3)c3c([nH]c4ccccc43)c2-c2c[nH]c3ccccc23)cc1. The topological polar surface area (TPSA) is 40.8 Å². The van der Waals surface area contributed by atoms with Crippen LogP contribution in [0.3, 0.4) is 0 Å². The van der Waals surface area contributed by atoms with Gasteiger partial charge in [0.1, 0.15) is 5.75 Å². The predicted octanol–water partition coefficient (Wildman–Crippen LogP) is 8.81. The minimum Gasteiger partial charge on any atom is -0.497 e. The van der Waals surface area contributed by atoms with Crippen LogP contribution in [-0.4, -0.2) is 17.1 Å². The molecule has 7 rings (SSSR count). The summed E-state index contributed by atoms with van der Waals surface area (Å²) in [5, 5.41) is 3.68. The molecule has 0 unspecified atom stereocenters. The van der Waals surface area contributed by atoms with E-state index in [2.05, 4.69) is 113 Å². The van der Waals surface area contributed by atoms with Crippen molar-refractivity contribution in [2.24, 2.45) is 0 Å². The number of aromatic nitrogens is 2. The first kappa shape index (κ1) is 20.6. The molecule has 0 saturated heterocycles. The number of methoxy groups -OCH3 is 1. The van der Waals surface area contributed by atoms with Gasteiger partial charge in [-0.3, -0.25) is 0 Å². The van der Waals surface area contributed by atoms with Crippen LogP contribution in [0.1, 0.15) is 0 Å². The zero-order chi connectivity index (χ0) is 24.1. The van der Waals surface area contributed by atoms with E-state index < -0.39 is 0 Å². The molecular weight excluding hydrogens is 440 g/mol. The highest BCUT2D eigenvalue weighted by molar-refractivity contribution is 6.22. The zero-order valence-electron chi connectivity index (χ0n) is 19.9. The summed E-state index contributed by atoms with van der Waals surface area (Å²) < 4.78 is 5.46. The van der Waals surface area contributed by atoms with Crippen molar-refractivity contribution in [3.05, 3.63) is 115 Å². The maximum Gasteiger partial charge on any atom is 0.118 e. The van der Waals surface area contributed by atoms with E-state index in [4.69, 9.17) is 4.74 Å². The number of para-hydroxylation sites is 2. The Labute approximate surface area is 209 Å². The molecule has 0 fully saturated rings. The van der Waals surface area contributed by atoms with Crippen LogP contribution in [0.25, 0.3) is 66.1 Å². The van der Waals surface area contributed by atoms with Gasteiger partial charge in [0, 0.05) is 44.5 Å². The summed E-state index contributed by atoms with van der Waals surface area (Å²) in [6.07, 6.45) is 2.14. The molecule has 36 heavy (non-hydrogen) atoms. The van der Waals surface area contributed by atoms with E-state index in [0.29, 0.717) is 0 Å². The van der Waals surface area contributed by atoms with Crippen molar-refractivity contribution in [3.63, 3.8) is 0 Å². The van der Waals surface area contributed by atoms with Gasteiger partial charge in [-0.1, -0.05) is 78.9 Å². The van der Waals surface area contributed by atoms with Gasteiger partial charge in [0.05, 0.1) is 12.6 Å². The van der Waals surface area contributed by atoms with Gasteiger partial charge in [0.2, 0.25) is 0 Å². The van der Waals surface area contributed by atoms with Crippen molar-refractivity contribution in [1.82, 2.24) is 9.97 Å². The summed E-state index contributed by atoms with van der Waals surface area (Å²) in [6.45, 7) is 0. The molecular formula is C33H24N2O. The lowest BCUT2D eigenvalue weighted by Gasteiger charge is -2.16. The van der Waals surface area contributed by atoms with E-state index >= 15 is 0 Å². The molecule has 0 saturated carbocycles. The Morgan fingerprint density at radius 1 is 0.583 bits per heavy atom. The Kier molecular flexibility index (Phi) is 4.68. The zero-order valence-corrected chi connectivity index (χ0v) is 19.9. The smallest absolute Gasteiger partial charge is 0.118 e. The number of rotatable bonds is 4. The minimum atomic E-state index is 0.849. The highest BCUT2D eigenvalue weighted by Gasteiger charge is 2.21. The van der Waals surface area contributed by atoms with Crippen LogP contribution >= 0.6 is 0 Å². The molecule has 2 aromatic heterocycles. The Balaban J connectivity index is 1.67. The van der Waals surface area contributed by atoms with E-state index in [1.54, 1.807) is 7.11 Å². The number of hydrogen-bond donors (Lipinski definition) is 2. The van der Waals surface area contributed by atoms with Crippen LogP contribution in [0.5, 0.6) is 5.75 Å². The van der Waals surface area contributed by atoms with Crippen LogP contribution in [0.4, 0.5) is 0 Å². The van der Waals surface area contributed by atoms with E-state index in [1.165, 1.54) is 44.0 Å². The molecule has 3 heteroatoms. The number of H-pyrrole nitrogens is 2. The molecule has 0 bridgehead atoms. The lowest BCUT2D eigenvalue weighted by molar-refractivity contribution is 0.415. The van der Waals surface area contributed by atoms with Crippen LogP contribution in [0.2, 0.25) is 0 Å². The molecule has 0 aliphatic heterocycles. The third-order valence-electron chi connectivity index (χ3n) is 7.13. The molecule has 3 nitrogen and oxygen atoms in total. The number of ether oxygens (including phenoxy) is 1. The van der Waals surface area contributed by atoms with Gasteiger partial charge >= 0.3 is 0 Å². The van der Waals surface area contributed by atoms with Crippen LogP contribution in [0, 0.1) is 0 Å². The Morgan fingerprint density at radius 3 is 2.03 bits per heavy atom. The van der Waals surface area contributed by atoms with Crippen LogP contribution in [0.15, 0.2) is 115 Å². The highest BCUT2D eigenvalue weighted by atomic mass is 16.5. The average Bonchev–Trinajstić information content (AvgIpc) is 3.55. The normalized spacial score (nSPS) is 11.5. The first-order chi connectivity index (χ1) is 17.8. The average molecular weight is 465 g/mol. The summed E-state index contributed by atoms with van der Waals surface area (Å²) in [4.78, 5) is 7.30. The summed E-state index contributed by atoms with van der Waals surface area (Å²) in [5.74, 6) is 0.849. The van der Waals surface area contributed by atoms with E-state index in [-0.39, 0.29) is 0 Å². The van der Waals surface area contributed by atoms with Crippen molar-refractivity contribution in [2.45, 2.75) is 0 Å². The second-order valence-corrected chi connectivity index (χ2v) is 9.11. The Morgan fingerprint density at radius 2 is 1.25 bits per heavy atom. The molecule has 0 radical (unpaired) electrons. The third kappa shape index (κ3) is 3.14. The third-order valence-corrected chi connectivity index (χ3v) is 7.13. The standard InChI is InChI=1S/C33H24N2O/c1-36-23-17-15-22(16-18-23)27-19-26(21-9-3-2-4-10-21)31-25-12-6-8-14-30(25)35-33(31)32(27)28-20-34-29-13-7-5-11-24(28)29/h2-20,34-35H,1H3. The highest BCUT2D eigenvalue weighted by Crippen LogP contribution is 2.47. The van der Waals surface area contributed by atoms with E-state index in [0.717, 1.165) is 27.9 Å². The maximum absolute atomic E-state index is 5.46. The fraction of sp³-hybridized carbons (Fsp3) is 0.0303. The first-order valence-corrected chi connectivity index (χ1v) is 12.2. The summed E-state index contributed by atoms with van der Waals surface area (Å²) >= 11 is 0. The van der Waals surface area contributed by atoms with Crippen molar-refractivity contribution in [1.29, 1.82) is 0 Å². The lowest BCUT2D eigenvalue weighted by Crippen LogP contribution is -1.91. The minimum absolute atomic E-state index is 0.849. The molecule has 0 aliphatic carbocycles. The first-order valence-electron chi connectivity index (χ1n) is 12.2. The molecule has 2 N–H and O–H groups in total. The number of fused-ring (bicyclic) bond motifs is 4. The number of hydrogen-bond acceptors (Lipinski definition) is 1. The van der Waals surface area contributed by atoms with Gasteiger partial charge in [0.15, 0.2) is 0 Å². The maximum atomic E-state index is 5.46. The second kappa shape index (κ2) is 8.17. The molecule has 0 spiro atoms. The quantitative estimate of drug-likeness (QED) is 0.268. The van der Waals surface area contributed by atoms with Crippen molar-refractivity contribution in [2.75, 3.05) is 7.11 Å². The number of benzene rings is 5. The fourth-order valence-electron chi connectivity index (χ4n) is 5.43. The van der Waals surface area contributed by atoms with Crippen LogP contribution < -0.4 is 4.74 Å². The molecule has 2 heterocycles. The van der Waals surface area contributed by atoms with Gasteiger partial charge in [-0.15, -0.1) is 0 Å². The Bertz CT molecular complexity index is 1860.